The summed E-state index contributed by atoms with van der Waals surface area (Å²) in [5.41, 5.74) is 1.53. The van der Waals surface area contributed by atoms with Crippen LogP contribution in [-0.4, -0.2) is 34.1 Å². The Hall–Kier alpha value is -0.953. The summed E-state index contributed by atoms with van der Waals surface area (Å²) < 4.78 is 8.24. The summed E-state index contributed by atoms with van der Waals surface area (Å²) in [7, 11) is -1.74. The SMILES string of the molecule is CC(C)(C)[Si](C)(C)OC1CCC(C(O)c2ccn3ncnc(Cl)c23)CC1. The van der Waals surface area contributed by atoms with Gasteiger partial charge in [0, 0.05) is 17.9 Å². The Morgan fingerprint density at radius 2 is 1.92 bits per heavy atom. The number of halogens is 1. The lowest BCUT2D eigenvalue weighted by Gasteiger charge is -2.41. The van der Waals surface area contributed by atoms with Crippen molar-refractivity contribution in [2.45, 2.75) is 76.8 Å². The van der Waals surface area contributed by atoms with Crippen molar-refractivity contribution in [1.29, 1.82) is 0 Å². The zero-order valence-electron chi connectivity index (χ0n) is 16.4. The summed E-state index contributed by atoms with van der Waals surface area (Å²) in [5, 5.41) is 15.7. The molecule has 0 aromatic carbocycles. The molecule has 2 heterocycles. The van der Waals surface area contributed by atoms with Gasteiger partial charge >= 0.3 is 0 Å². The number of fused-ring (bicyclic) bond motifs is 1. The van der Waals surface area contributed by atoms with Gasteiger partial charge in [0.05, 0.1) is 6.10 Å². The highest BCUT2D eigenvalue weighted by Gasteiger charge is 2.40. The minimum absolute atomic E-state index is 0.219. The molecule has 0 saturated heterocycles. The van der Waals surface area contributed by atoms with Crippen molar-refractivity contribution in [2.24, 2.45) is 5.92 Å². The van der Waals surface area contributed by atoms with Crippen LogP contribution in [0.1, 0.15) is 58.1 Å². The van der Waals surface area contributed by atoms with Crippen molar-refractivity contribution in [2.75, 3.05) is 0 Å². The fourth-order valence-electron chi connectivity index (χ4n) is 3.55. The Balaban J connectivity index is 1.66. The van der Waals surface area contributed by atoms with E-state index in [9.17, 15) is 5.11 Å². The molecule has 1 saturated carbocycles. The van der Waals surface area contributed by atoms with Crippen LogP contribution in [0.4, 0.5) is 0 Å². The molecule has 1 fully saturated rings. The lowest BCUT2D eigenvalue weighted by Crippen LogP contribution is -2.44. The Kier molecular flexibility index (Phi) is 5.50. The number of aliphatic hydroxyl groups excluding tert-OH is 1. The van der Waals surface area contributed by atoms with Crippen LogP contribution < -0.4 is 0 Å². The minimum Gasteiger partial charge on any atom is -0.414 e. The number of rotatable bonds is 4. The van der Waals surface area contributed by atoms with Crippen molar-refractivity contribution in [3.05, 3.63) is 29.3 Å². The Labute approximate surface area is 161 Å². The summed E-state index contributed by atoms with van der Waals surface area (Å²) in [6.07, 6.45) is 6.96. The number of hydrogen-bond donors (Lipinski definition) is 1. The second kappa shape index (κ2) is 7.22. The third-order valence-corrected chi connectivity index (χ3v) is 11.0. The Bertz CT molecular complexity index is 764. The van der Waals surface area contributed by atoms with E-state index in [1.54, 1.807) is 4.52 Å². The van der Waals surface area contributed by atoms with E-state index in [0.29, 0.717) is 16.8 Å². The number of aliphatic hydroxyl groups is 1. The van der Waals surface area contributed by atoms with Gasteiger partial charge in [-0.25, -0.2) is 9.50 Å². The molecule has 7 heteroatoms. The highest BCUT2D eigenvalue weighted by molar-refractivity contribution is 6.74. The minimum atomic E-state index is -1.74. The molecule has 0 spiro atoms. The summed E-state index contributed by atoms with van der Waals surface area (Å²) in [4.78, 5) is 4.05. The van der Waals surface area contributed by atoms with Gasteiger partial charge in [0.1, 0.15) is 11.8 Å². The molecule has 144 valence electrons. The number of nitrogens with zero attached hydrogens (tertiary/aromatic N) is 3. The van der Waals surface area contributed by atoms with E-state index < -0.39 is 14.4 Å². The lowest BCUT2D eigenvalue weighted by atomic mass is 9.82. The highest BCUT2D eigenvalue weighted by atomic mass is 35.5. The van der Waals surface area contributed by atoms with E-state index in [1.807, 2.05) is 12.3 Å². The molecular formula is C19H30ClN3O2Si. The van der Waals surface area contributed by atoms with Gasteiger partial charge < -0.3 is 9.53 Å². The van der Waals surface area contributed by atoms with E-state index in [-0.39, 0.29) is 11.0 Å². The summed E-state index contributed by atoms with van der Waals surface area (Å²) >= 11 is 6.23. The molecule has 2 aromatic rings. The molecule has 1 N–H and O–H groups in total. The summed E-state index contributed by atoms with van der Waals surface area (Å²) in [5.74, 6) is 0.219. The first-order chi connectivity index (χ1) is 12.1. The third-order valence-electron chi connectivity index (χ3n) is 6.19. The molecule has 2 aromatic heterocycles. The van der Waals surface area contributed by atoms with Crippen LogP contribution in [0.2, 0.25) is 23.3 Å². The second-order valence-electron chi connectivity index (χ2n) is 8.97. The first kappa shape index (κ1) is 19.8. The van der Waals surface area contributed by atoms with Crippen molar-refractivity contribution in [3.8, 4) is 0 Å². The fourth-order valence-corrected chi connectivity index (χ4v) is 5.21. The maximum atomic E-state index is 10.9. The lowest BCUT2D eigenvalue weighted by molar-refractivity contribution is 0.0462. The van der Waals surface area contributed by atoms with Crippen LogP contribution >= 0.6 is 11.6 Å². The van der Waals surface area contributed by atoms with E-state index in [0.717, 1.165) is 31.2 Å². The topological polar surface area (TPSA) is 59.7 Å². The molecule has 0 radical (unpaired) electrons. The molecule has 26 heavy (non-hydrogen) atoms. The molecule has 0 aliphatic heterocycles. The average molecular weight is 396 g/mol. The summed E-state index contributed by atoms with van der Waals surface area (Å²) in [6, 6.07) is 1.90. The largest absolute Gasteiger partial charge is 0.414 e. The van der Waals surface area contributed by atoms with Gasteiger partial charge in [-0.2, -0.15) is 5.10 Å². The highest BCUT2D eigenvalue weighted by Crippen LogP contribution is 2.42. The van der Waals surface area contributed by atoms with Gasteiger partial charge in [0.25, 0.3) is 0 Å². The predicted molar refractivity (Wildman–Crippen MR) is 107 cm³/mol. The summed E-state index contributed by atoms with van der Waals surface area (Å²) in [6.45, 7) is 11.4. The van der Waals surface area contributed by atoms with Crippen LogP contribution in [0.15, 0.2) is 18.6 Å². The first-order valence-corrected chi connectivity index (χ1v) is 12.7. The van der Waals surface area contributed by atoms with Gasteiger partial charge in [-0.05, 0) is 55.8 Å². The normalized spacial score (nSPS) is 23.3. The van der Waals surface area contributed by atoms with Crippen molar-refractivity contribution >= 4 is 25.4 Å². The van der Waals surface area contributed by atoms with E-state index >= 15 is 0 Å². The zero-order chi connectivity index (χ0) is 19.1. The van der Waals surface area contributed by atoms with Crippen LogP contribution in [0, 0.1) is 5.92 Å². The molecule has 1 atom stereocenters. The zero-order valence-corrected chi connectivity index (χ0v) is 18.1. The van der Waals surface area contributed by atoms with Crippen LogP contribution in [-0.2, 0) is 4.43 Å². The quantitative estimate of drug-likeness (QED) is 0.740. The third kappa shape index (κ3) is 3.83. The number of hydrogen-bond acceptors (Lipinski definition) is 4. The van der Waals surface area contributed by atoms with Gasteiger partial charge in [-0.1, -0.05) is 32.4 Å². The fraction of sp³-hybridized carbons (Fsp3) is 0.684. The first-order valence-electron chi connectivity index (χ1n) is 9.44. The molecular weight excluding hydrogens is 366 g/mol. The molecule has 1 aliphatic carbocycles. The molecule has 0 bridgehead atoms. The van der Waals surface area contributed by atoms with E-state index in [4.69, 9.17) is 16.0 Å². The van der Waals surface area contributed by atoms with Crippen molar-refractivity contribution < 1.29 is 9.53 Å². The standard InChI is InChI=1S/C19H30ClN3O2Si/c1-19(2,3)26(4,5)25-14-8-6-13(7-9-14)17(24)15-10-11-23-16(15)18(20)21-12-22-23/h10-14,17,24H,6-9H2,1-5H3. The molecule has 1 aliphatic rings. The Morgan fingerprint density at radius 3 is 2.54 bits per heavy atom. The van der Waals surface area contributed by atoms with Crippen LogP contribution in [0.3, 0.4) is 0 Å². The van der Waals surface area contributed by atoms with E-state index in [2.05, 4.69) is 43.9 Å². The van der Waals surface area contributed by atoms with Gasteiger partial charge in [-0.15, -0.1) is 0 Å². The predicted octanol–water partition coefficient (Wildman–Crippen LogP) is 5.00. The van der Waals surface area contributed by atoms with Gasteiger partial charge in [0.15, 0.2) is 13.5 Å². The average Bonchev–Trinajstić information content (AvgIpc) is 2.99. The maximum Gasteiger partial charge on any atom is 0.192 e. The van der Waals surface area contributed by atoms with Gasteiger partial charge in [-0.3, -0.25) is 0 Å². The molecule has 3 rings (SSSR count). The van der Waals surface area contributed by atoms with Gasteiger partial charge in [0.2, 0.25) is 0 Å². The second-order valence-corrected chi connectivity index (χ2v) is 14.1. The van der Waals surface area contributed by atoms with Crippen molar-refractivity contribution in [3.63, 3.8) is 0 Å². The molecule has 0 amide bonds. The maximum absolute atomic E-state index is 10.9. The van der Waals surface area contributed by atoms with Crippen molar-refractivity contribution in [1.82, 2.24) is 14.6 Å². The molecule has 1 unspecified atom stereocenters. The van der Waals surface area contributed by atoms with Crippen LogP contribution in [0.5, 0.6) is 0 Å². The monoisotopic (exact) mass is 395 g/mol. The van der Waals surface area contributed by atoms with Crippen LogP contribution in [0.25, 0.3) is 5.52 Å². The van der Waals surface area contributed by atoms with E-state index in [1.165, 1.54) is 6.33 Å². The number of aromatic nitrogens is 3. The smallest absolute Gasteiger partial charge is 0.192 e. The molecule has 5 nitrogen and oxygen atoms in total. The Morgan fingerprint density at radius 1 is 1.27 bits per heavy atom.